The molecule has 1 aromatic carbocycles. The summed E-state index contributed by atoms with van der Waals surface area (Å²) in [6, 6.07) is 9.81. The van der Waals surface area contributed by atoms with Gasteiger partial charge in [0, 0.05) is 14.1 Å². The van der Waals surface area contributed by atoms with Crippen molar-refractivity contribution in [3.8, 4) is 5.69 Å². The number of benzene rings is 1. The van der Waals surface area contributed by atoms with E-state index < -0.39 is 0 Å². The van der Waals surface area contributed by atoms with E-state index in [1.54, 1.807) is 10.9 Å². The Hall–Kier alpha value is -2.14. The predicted octanol–water partition coefficient (Wildman–Crippen LogP) is 2.53. The number of fused-ring (bicyclic) bond motifs is 1. The van der Waals surface area contributed by atoms with Gasteiger partial charge in [-0.1, -0.05) is 29.8 Å². The molecule has 2 aromatic heterocycles. The molecule has 0 unspecified atom stereocenters. The third kappa shape index (κ3) is 2.02. The molecule has 0 atom stereocenters. The van der Waals surface area contributed by atoms with Crippen LogP contribution in [0.25, 0.3) is 16.7 Å². The van der Waals surface area contributed by atoms with E-state index in [0.29, 0.717) is 16.7 Å². The van der Waals surface area contributed by atoms with Crippen molar-refractivity contribution in [2.24, 2.45) is 0 Å². The number of halogens is 1. The van der Waals surface area contributed by atoms with Crippen molar-refractivity contribution in [1.29, 1.82) is 0 Å². The van der Waals surface area contributed by atoms with Crippen LogP contribution in [0.1, 0.15) is 0 Å². The second-order valence-electron chi connectivity index (χ2n) is 4.34. The molecule has 3 aromatic rings. The summed E-state index contributed by atoms with van der Waals surface area (Å²) in [6.07, 6.45) is 1.68. The summed E-state index contributed by atoms with van der Waals surface area (Å²) in [4.78, 5) is 10.6. The Morgan fingerprint density at radius 3 is 2.53 bits per heavy atom. The first-order valence-electron chi connectivity index (χ1n) is 5.81. The zero-order valence-corrected chi connectivity index (χ0v) is 11.3. The second kappa shape index (κ2) is 4.51. The summed E-state index contributed by atoms with van der Waals surface area (Å²) >= 11 is 6.18. The molecule has 5 nitrogen and oxygen atoms in total. The smallest absolute Gasteiger partial charge is 0.228 e. The molecule has 0 aliphatic heterocycles. The quantitative estimate of drug-likeness (QED) is 0.673. The molecular formula is C13H12ClN5. The molecule has 0 fully saturated rings. The summed E-state index contributed by atoms with van der Waals surface area (Å²) in [7, 11) is 3.75. The Bertz CT molecular complexity index is 720. The number of para-hydroxylation sites is 1. The Kier molecular flexibility index (Phi) is 2.83. The summed E-state index contributed by atoms with van der Waals surface area (Å²) in [5.74, 6) is 0.565. The minimum atomic E-state index is 0.413. The summed E-state index contributed by atoms with van der Waals surface area (Å²) in [6.45, 7) is 0. The van der Waals surface area contributed by atoms with Gasteiger partial charge >= 0.3 is 0 Å². The molecule has 0 saturated heterocycles. The highest BCUT2D eigenvalue weighted by atomic mass is 35.5. The maximum atomic E-state index is 6.18. The van der Waals surface area contributed by atoms with Gasteiger partial charge in [-0.05, 0) is 12.1 Å². The first kappa shape index (κ1) is 11.9. The van der Waals surface area contributed by atoms with Crippen molar-refractivity contribution in [3.63, 3.8) is 0 Å². The van der Waals surface area contributed by atoms with Crippen LogP contribution in [-0.2, 0) is 0 Å². The van der Waals surface area contributed by atoms with E-state index in [4.69, 9.17) is 11.6 Å². The summed E-state index contributed by atoms with van der Waals surface area (Å²) in [5, 5.41) is 5.50. The van der Waals surface area contributed by atoms with Crippen LogP contribution < -0.4 is 4.90 Å². The van der Waals surface area contributed by atoms with E-state index in [0.717, 1.165) is 11.1 Å². The topological polar surface area (TPSA) is 46.8 Å². The van der Waals surface area contributed by atoms with Crippen molar-refractivity contribution in [3.05, 3.63) is 41.7 Å². The molecule has 19 heavy (non-hydrogen) atoms. The van der Waals surface area contributed by atoms with Crippen LogP contribution in [0.4, 0.5) is 5.95 Å². The highest BCUT2D eigenvalue weighted by molar-refractivity contribution is 6.34. The Morgan fingerprint density at radius 1 is 1.11 bits per heavy atom. The zero-order valence-electron chi connectivity index (χ0n) is 10.6. The third-order valence-corrected chi connectivity index (χ3v) is 3.06. The SMILES string of the molecule is CN(C)c1nc(Cl)c2cnn(-c3ccccc3)c2n1. The molecule has 6 heteroatoms. The van der Waals surface area contributed by atoms with E-state index in [1.807, 2.05) is 49.3 Å². The fourth-order valence-corrected chi connectivity index (χ4v) is 2.03. The molecule has 2 heterocycles. The number of rotatable bonds is 2. The van der Waals surface area contributed by atoms with Gasteiger partial charge < -0.3 is 4.90 Å². The van der Waals surface area contributed by atoms with Gasteiger partial charge in [0.25, 0.3) is 0 Å². The number of hydrogen-bond acceptors (Lipinski definition) is 4. The summed E-state index contributed by atoms with van der Waals surface area (Å²) < 4.78 is 1.76. The van der Waals surface area contributed by atoms with Crippen LogP contribution in [0, 0.1) is 0 Å². The highest BCUT2D eigenvalue weighted by Crippen LogP contribution is 2.24. The highest BCUT2D eigenvalue weighted by Gasteiger charge is 2.13. The molecule has 0 bridgehead atoms. The molecule has 0 spiro atoms. The minimum Gasteiger partial charge on any atom is -0.347 e. The minimum absolute atomic E-state index is 0.413. The van der Waals surface area contributed by atoms with Crippen LogP contribution in [-0.4, -0.2) is 33.8 Å². The molecule has 0 radical (unpaired) electrons. The van der Waals surface area contributed by atoms with Gasteiger partial charge in [0.1, 0.15) is 5.15 Å². The first-order valence-corrected chi connectivity index (χ1v) is 6.18. The van der Waals surface area contributed by atoms with Gasteiger partial charge in [-0.25, -0.2) is 9.67 Å². The molecular weight excluding hydrogens is 262 g/mol. The van der Waals surface area contributed by atoms with Gasteiger partial charge in [0.2, 0.25) is 5.95 Å². The molecule has 3 rings (SSSR count). The van der Waals surface area contributed by atoms with Crippen LogP contribution >= 0.6 is 11.6 Å². The van der Waals surface area contributed by atoms with E-state index in [-0.39, 0.29) is 0 Å². The van der Waals surface area contributed by atoms with E-state index >= 15 is 0 Å². The summed E-state index contributed by atoms with van der Waals surface area (Å²) in [5.41, 5.74) is 1.65. The lowest BCUT2D eigenvalue weighted by atomic mass is 10.3. The van der Waals surface area contributed by atoms with Crippen molar-refractivity contribution in [1.82, 2.24) is 19.7 Å². The van der Waals surface area contributed by atoms with E-state index in [1.165, 1.54) is 0 Å². The first-order chi connectivity index (χ1) is 9.16. The van der Waals surface area contributed by atoms with Crippen molar-refractivity contribution < 1.29 is 0 Å². The monoisotopic (exact) mass is 273 g/mol. The number of aromatic nitrogens is 4. The maximum absolute atomic E-state index is 6.18. The lowest BCUT2D eigenvalue weighted by molar-refractivity contribution is 0.890. The molecule has 0 aliphatic rings. The van der Waals surface area contributed by atoms with E-state index in [9.17, 15) is 0 Å². The van der Waals surface area contributed by atoms with Crippen LogP contribution in [0.2, 0.25) is 5.15 Å². The van der Waals surface area contributed by atoms with Gasteiger partial charge in [-0.2, -0.15) is 10.1 Å². The van der Waals surface area contributed by atoms with Gasteiger partial charge in [-0.15, -0.1) is 0 Å². The third-order valence-electron chi connectivity index (χ3n) is 2.77. The molecule has 0 amide bonds. The normalized spacial score (nSPS) is 10.9. The zero-order chi connectivity index (χ0) is 13.4. The van der Waals surface area contributed by atoms with Gasteiger partial charge in [0.15, 0.2) is 5.65 Å². The van der Waals surface area contributed by atoms with Crippen LogP contribution in [0.15, 0.2) is 36.5 Å². The van der Waals surface area contributed by atoms with Crippen LogP contribution in [0.5, 0.6) is 0 Å². The molecule has 96 valence electrons. The maximum Gasteiger partial charge on any atom is 0.228 e. The van der Waals surface area contributed by atoms with Crippen molar-refractivity contribution in [2.45, 2.75) is 0 Å². The standard InChI is InChI=1S/C13H12ClN5/c1-18(2)13-16-11(14)10-8-15-19(12(10)17-13)9-6-4-3-5-7-9/h3-8H,1-2H3. The average Bonchev–Trinajstić information content (AvgIpc) is 2.84. The van der Waals surface area contributed by atoms with Gasteiger partial charge in [-0.3, -0.25) is 0 Å². The average molecular weight is 274 g/mol. The lowest BCUT2D eigenvalue weighted by Crippen LogP contribution is -2.13. The number of anilines is 1. The molecule has 0 saturated carbocycles. The van der Waals surface area contributed by atoms with Crippen molar-refractivity contribution >= 4 is 28.6 Å². The predicted molar refractivity (Wildman–Crippen MR) is 76.0 cm³/mol. The largest absolute Gasteiger partial charge is 0.347 e. The fourth-order valence-electron chi connectivity index (χ4n) is 1.82. The van der Waals surface area contributed by atoms with Crippen molar-refractivity contribution in [2.75, 3.05) is 19.0 Å². The fraction of sp³-hybridized carbons (Fsp3) is 0.154. The molecule has 0 aliphatic carbocycles. The molecule has 0 N–H and O–H groups in total. The Labute approximate surface area is 115 Å². The van der Waals surface area contributed by atoms with Crippen LogP contribution in [0.3, 0.4) is 0 Å². The number of nitrogens with zero attached hydrogens (tertiary/aromatic N) is 5. The lowest BCUT2D eigenvalue weighted by Gasteiger charge is -2.10. The Balaban J connectivity index is 2.27. The van der Waals surface area contributed by atoms with E-state index in [2.05, 4.69) is 15.1 Å². The second-order valence-corrected chi connectivity index (χ2v) is 4.70. The Morgan fingerprint density at radius 2 is 1.84 bits per heavy atom. The van der Waals surface area contributed by atoms with Gasteiger partial charge in [0.05, 0.1) is 17.3 Å². The number of hydrogen-bond donors (Lipinski definition) is 0.